The molecule has 5 rings (SSSR count). The van der Waals surface area contributed by atoms with Crippen LogP contribution in [0.25, 0.3) is 22.6 Å². The molecule has 0 saturated carbocycles. The number of fused-ring (bicyclic) bond motifs is 2. The van der Waals surface area contributed by atoms with E-state index in [0.29, 0.717) is 5.76 Å². The molecule has 0 unspecified atom stereocenters. The van der Waals surface area contributed by atoms with E-state index < -0.39 is 0 Å². The highest BCUT2D eigenvalue weighted by Gasteiger charge is 2.13. The molecule has 1 N–H and O–H groups in total. The number of hydrogen-bond donors (Lipinski definition) is 1. The number of benzene rings is 4. The molecule has 4 nitrogen and oxygen atoms in total. The molecule has 0 aromatic heterocycles. The fraction of sp³-hybridized carbons (Fsp3) is 0.111. The van der Waals surface area contributed by atoms with Crippen LogP contribution in [0.1, 0.15) is 16.7 Å². The van der Waals surface area contributed by atoms with Crippen molar-refractivity contribution in [2.45, 2.75) is 20.8 Å². The van der Waals surface area contributed by atoms with Gasteiger partial charge in [-0.25, -0.2) is 9.98 Å². The summed E-state index contributed by atoms with van der Waals surface area (Å²) in [5, 5.41) is 4.31. The fourth-order valence-corrected chi connectivity index (χ4v) is 3.52. The smallest absolute Gasteiger partial charge is 0.155 e. The molecule has 3 aromatic carbocycles. The Hall–Kier alpha value is -3.92. The highest BCUT2D eigenvalue weighted by Crippen LogP contribution is 2.28. The molecule has 2 aliphatic rings. The van der Waals surface area contributed by atoms with Gasteiger partial charge < -0.3 is 9.73 Å². The number of anilines is 2. The summed E-state index contributed by atoms with van der Waals surface area (Å²) < 4.78 is 6.17. The van der Waals surface area contributed by atoms with Gasteiger partial charge in [-0.1, -0.05) is 41.5 Å². The van der Waals surface area contributed by atoms with Crippen LogP contribution in [0, 0.1) is 20.8 Å². The maximum atomic E-state index is 6.17. The third-order valence-electron chi connectivity index (χ3n) is 5.27. The van der Waals surface area contributed by atoms with Gasteiger partial charge in [0, 0.05) is 11.8 Å². The monoisotopic (exact) mass is 405 g/mol. The Bertz CT molecular complexity index is 1410. The van der Waals surface area contributed by atoms with Gasteiger partial charge in [-0.2, -0.15) is 0 Å². The summed E-state index contributed by atoms with van der Waals surface area (Å²) in [7, 11) is 0. The van der Waals surface area contributed by atoms with Gasteiger partial charge in [0.15, 0.2) is 11.3 Å². The maximum absolute atomic E-state index is 6.17. The molecule has 0 saturated heterocycles. The molecule has 1 aliphatic carbocycles. The van der Waals surface area contributed by atoms with Crippen LogP contribution in [0.3, 0.4) is 0 Å². The number of aryl methyl sites for hydroxylation is 3. The van der Waals surface area contributed by atoms with E-state index in [1.165, 1.54) is 11.1 Å². The van der Waals surface area contributed by atoms with Gasteiger partial charge in [-0.15, -0.1) is 0 Å². The van der Waals surface area contributed by atoms with E-state index in [-0.39, 0.29) is 0 Å². The van der Waals surface area contributed by atoms with E-state index in [9.17, 15) is 0 Å². The van der Waals surface area contributed by atoms with Crippen LogP contribution in [0.5, 0.6) is 0 Å². The van der Waals surface area contributed by atoms with Gasteiger partial charge in [0.1, 0.15) is 11.2 Å². The standard InChI is InChI=1S/C27H23N3O/c1-17-4-9-20(10-5-17)28-22-15-25-27(31-26-13-8-19(3)14-24(26)30-25)16-23(22)29-21-11-6-18(2)7-12-21/h4-16,28H,1-3H3. The second-order valence-electron chi connectivity index (χ2n) is 7.96. The van der Waals surface area contributed by atoms with E-state index in [1.807, 2.05) is 42.5 Å². The van der Waals surface area contributed by atoms with Crippen LogP contribution < -0.4 is 10.7 Å². The van der Waals surface area contributed by atoms with Crippen LogP contribution in [0.4, 0.5) is 17.1 Å². The number of rotatable bonds is 3. The second kappa shape index (κ2) is 7.73. The lowest BCUT2D eigenvalue weighted by molar-refractivity contribution is 0.612. The summed E-state index contributed by atoms with van der Waals surface area (Å²) in [6.45, 7) is 6.21. The molecule has 152 valence electrons. The van der Waals surface area contributed by atoms with Crippen molar-refractivity contribution in [2.24, 2.45) is 4.99 Å². The van der Waals surface area contributed by atoms with Crippen molar-refractivity contribution >= 4 is 28.2 Å². The lowest BCUT2D eigenvalue weighted by atomic mass is 10.1. The Morgan fingerprint density at radius 1 is 0.742 bits per heavy atom. The van der Waals surface area contributed by atoms with Crippen molar-refractivity contribution in [3.05, 3.63) is 101 Å². The molecule has 0 atom stereocenters. The molecular weight excluding hydrogens is 382 g/mol. The molecule has 0 amide bonds. The van der Waals surface area contributed by atoms with Crippen LogP contribution in [-0.2, 0) is 0 Å². The summed E-state index contributed by atoms with van der Waals surface area (Å²) in [6, 6.07) is 26.5. The summed E-state index contributed by atoms with van der Waals surface area (Å²) in [5.41, 5.74) is 8.74. The van der Waals surface area contributed by atoms with Crippen LogP contribution in [0.15, 0.2) is 88.3 Å². The molecule has 0 bridgehead atoms. The van der Waals surface area contributed by atoms with Crippen molar-refractivity contribution in [2.75, 3.05) is 5.32 Å². The zero-order valence-corrected chi connectivity index (χ0v) is 17.8. The minimum Gasteiger partial charge on any atom is -0.453 e. The Balaban J connectivity index is 1.71. The topological polar surface area (TPSA) is 50.4 Å². The highest BCUT2D eigenvalue weighted by molar-refractivity contribution is 5.78. The Morgan fingerprint density at radius 2 is 1.42 bits per heavy atom. The van der Waals surface area contributed by atoms with Gasteiger partial charge >= 0.3 is 0 Å². The normalized spacial score (nSPS) is 11.9. The molecule has 1 heterocycles. The Kier molecular flexibility index (Phi) is 4.75. The SMILES string of the molecule is Cc1ccc(N=c2cc3oc4ccc(C)cc4nc-3cc2Nc2ccc(C)cc2)cc1. The average molecular weight is 406 g/mol. The maximum Gasteiger partial charge on any atom is 0.155 e. The van der Waals surface area contributed by atoms with Gasteiger partial charge in [0.2, 0.25) is 0 Å². The largest absolute Gasteiger partial charge is 0.453 e. The highest BCUT2D eigenvalue weighted by atomic mass is 16.3. The van der Waals surface area contributed by atoms with E-state index >= 15 is 0 Å². The Labute approximate surface area is 181 Å². The predicted octanol–water partition coefficient (Wildman–Crippen LogP) is 6.83. The summed E-state index contributed by atoms with van der Waals surface area (Å²) in [6.07, 6.45) is 0. The minimum absolute atomic E-state index is 0.705. The molecule has 31 heavy (non-hydrogen) atoms. The summed E-state index contributed by atoms with van der Waals surface area (Å²) >= 11 is 0. The quantitative estimate of drug-likeness (QED) is 0.335. The number of nitrogens with zero attached hydrogens (tertiary/aromatic N) is 2. The third-order valence-corrected chi connectivity index (χ3v) is 5.27. The number of nitrogens with one attached hydrogen (secondary N) is 1. The van der Waals surface area contributed by atoms with Crippen molar-refractivity contribution in [3.63, 3.8) is 0 Å². The van der Waals surface area contributed by atoms with Crippen LogP contribution in [-0.4, -0.2) is 4.98 Å². The average Bonchev–Trinajstić information content (AvgIpc) is 2.76. The first-order chi connectivity index (χ1) is 15.0. The molecule has 3 aromatic rings. The van der Waals surface area contributed by atoms with Crippen molar-refractivity contribution in [3.8, 4) is 11.5 Å². The summed E-state index contributed by atoms with van der Waals surface area (Å²) in [4.78, 5) is 9.73. The van der Waals surface area contributed by atoms with E-state index in [4.69, 9.17) is 14.4 Å². The minimum atomic E-state index is 0.705. The van der Waals surface area contributed by atoms with Gasteiger partial charge in [-0.3, -0.25) is 0 Å². The lowest BCUT2D eigenvalue weighted by Crippen LogP contribution is -2.10. The number of aromatic nitrogens is 1. The van der Waals surface area contributed by atoms with Crippen molar-refractivity contribution in [1.82, 2.24) is 4.98 Å². The molecule has 4 heteroatoms. The van der Waals surface area contributed by atoms with Crippen molar-refractivity contribution in [1.29, 1.82) is 0 Å². The van der Waals surface area contributed by atoms with Gasteiger partial charge in [0.25, 0.3) is 0 Å². The Morgan fingerprint density at radius 3 is 2.16 bits per heavy atom. The first kappa shape index (κ1) is 19.1. The summed E-state index contributed by atoms with van der Waals surface area (Å²) in [5.74, 6) is 0.705. The van der Waals surface area contributed by atoms with Gasteiger partial charge in [-0.05, 0) is 68.8 Å². The van der Waals surface area contributed by atoms with E-state index in [2.05, 4.69) is 62.5 Å². The predicted molar refractivity (Wildman–Crippen MR) is 126 cm³/mol. The third kappa shape index (κ3) is 4.05. The zero-order valence-electron chi connectivity index (χ0n) is 17.8. The van der Waals surface area contributed by atoms with Crippen molar-refractivity contribution < 1.29 is 4.42 Å². The van der Waals surface area contributed by atoms with Crippen LogP contribution in [0.2, 0.25) is 0 Å². The molecule has 0 spiro atoms. The zero-order chi connectivity index (χ0) is 21.4. The first-order valence-electron chi connectivity index (χ1n) is 10.3. The molecule has 0 radical (unpaired) electrons. The fourth-order valence-electron chi connectivity index (χ4n) is 3.52. The van der Waals surface area contributed by atoms with E-state index in [1.54, 1.807) is 0 Å². The van der Waals surface area contributed by atoms with E-state index in [0.717, 1.165) is 44.8 Å². The molecule has 0 fully saturated rings. The second-order valence-corrected chi connectivity index (χ2v) is 7.96. The molecule has 1 aliphatic heterocycles. The molecular formula is C27H23N3O. The first-order valence-corrected chi connectivity index (χ1v) is 10.3. The van der Waals surface area contributed by atoms with Gasteiger partial charge in [0.05, 0.1) is 16.7 Å². The van der Waals surface area contributed by atoms with Crippen LogP contribution >= 0.6 is 0 Å². The lowest BCUT2D eigenvalue weighted by Gasteiger charge is -2.12. The number of hydrogen-bond acceptors (Lipinski definition) is 4.